The molecule has 210 valence electrons. The normalized spacial score (nSPS) is 32.2. The van der Waals surface area contributed by atoms with Crippen LogP contribution in [0.3, 0.4) is 0 Å². The molecule has 0 spiro atoms. The number of nitrogens with zero attached hydrogens (tertiary/aromatic N) is 1. The predicted octanol–water partition coefficient (Wildman–Crippen LogP) is 5.89. The van der Waals surface area contributed by atoms with Gasteiger partial charge in [-0.3, -0.25) is 19.3 Å². The van der Waals surface area contributed by atoms with E-state index in [4.69, 9.17) is 23.2 Å². The second-order valence-corrected chi connectivity index (χ2v) is 13.4. The van der Waals surface area contributed by atoms with E-state index in [9.17, 15) is 14.4 Å². The quantitative estimate of drug-likeness (QED) is 0.299. The van der Waals surface area contributed by atoms with Crippen LogP contribution in [0.1, 0.15) is 60.4 Å². The lowest BCUT2D eigenvalue weighted by atomic mass is 9.54. The van der Waals surface area contributed by atoms with Crippen molar-refractivity contribution in [3.05, 3.63) is 107 Å². The minimum atomic E-state index is -1.27. The van der Waals surface area contributed by atoms with Crippen LogP contribution in [0.4, 0.5) is 0 Å². The lowest BCUT2D eigenvalue weighted by Gasteiger charge is -2.54. The first kappa shape index (κ1) is 26.7. The van der Waals surface area contributed by atoms with Gasteiger partial charge in [0.25, 0.3) is 0 Å². The highest BCUT2D eigenvalue weighted by Gasteiger charge is 2.73. The van der Waals surface area contributed by atoms with E-state index >= 15 is 0 Å². The second-order valence-electron chi connectivity index (χ2n) is 12.2. The SMILES string of the molecule is CC1CCC(NC(=O)[C@H](Cc2ccccc2)N2C(=O)[C@H]3[C@H](C2=O)C2(Cl)c4ccccc4C3(Cl)c3ccccc32)CC1. The van der Waals surface area contributed by atoms with E-state index in [1.54, 1.807) is 0 Å². The van der Waals surface area contributed by atoms with Crippen molar-refractivity contribution >= 4 is 40.9 Å². The maximum atomic E-state index is 14.6. The number of alkyl halides is 2. The number of likely N-dealkylation sites (tertiary alicyclic amines) is 1. The third kappa shape index (κ3) is 3.78. The van der Waals surface area contributed by atoms with Gasteiger partial charge in [0.05, 0.1) is 11.8 Å². The molecule has 3 atom stereocenters. The molecule has 41 heavy (non-hydrogen) atoms. The Hall–Kier alpha value is -3.15. The van der Waals surface area contributed by atoms with Gasteiger partial charge in [0.1, 0.15) is 15.8 Å². The number of carbonyl (C=O) groups excluding carboxylic acids is 3. The average molecular weight is 588 g/mol. The van der Waals surface area contributed by atoms with Crippen LogP contribution in [0.2, 0.25) is 0 Å². The van der Waals surface area contributed by atoms with Gasteiger partial charge in [0.15, 0.2) is 0 Å². The topological polar surface area (TPSA) is 66.5 Å². The van der Waals surface area contributed by atoms with Crippen LogP contribution in [-0.2, 0) is 30.6 Å². The van der Waals surface area contributed by atoms with Crippen LogP contribution < -0.4 is 5.32 Å². The Morgan fingerprint density at radius 3 is 1.68 bits per heavy atom. The van der Waals surface area contributed by atoms with Crippen LogP contribution >= 0.6 is 23.2 Å². The lowest BCUT2D eigenvalue weighted by Crippen LogP contribution is -2.57. The third-order valence-corrected chi connectivity index (χ3v) is 11.2. The predicted molar refractivity (Wildman–Crippen MR) is 158 cm³/mol. The van der Waals surface area contributed by atoms with Crippen molar-refractivity contribution in [3.8, 4) is 0 Å². The molecule has 8 rings (SSSR count). The molecule has 3 aromatic carbocycles. The summed E-state index contributed by atoms with van der Waals surface area (Å²) in [5.74, 6) is -2.40. The first-order valence-electron chi connectivity index (χ1n) is 14.5. The largest absolute Gasteiger partial charge is 0.352 e. The highest BCUT2D eigenvalue weighted by molar-refractivity contribution is 6.36. The van der Waals surface area contributed by atoms with Gasteiger partial charge >= 0.3 is 0 Å². The second kappa shape index (κ2) is 9.71. The van der Waals surface area contributed by atoms with Crippen LogP contribution in [0.25, 0.3) is 0 Å². The monoisotopic (exact) mass is 586 g/mol. The van der Waals surface area contributed by atoms with E-state index in [0.29, 0.717) is 5.92 Å². The average Bonchev–Trinajstić information content (AvgIpc) is 3.27. The first-order valence-corrected chi connectivity index (χ1v) is 15.3. The molecule has 0 radical (unpaired) electrons. The van der Waals surface area contributed by atoms with Crippen molar-refractivity contribution in [3.63, 3.8) is 0 Å². The van der Waals surface area contributed by atoms with Gasteiger partial charge in [0.2, 0.25) is 17.7 Å². The van der Waals surface area contributed by atoms with Crippen LogP contribution in [0.5, 0.6) is 0 Å². The van der Waals surface area contributed by atoms with Crippen molar-refractivity contribution in [1.29, 1.82) is 0 Å². The highest BCUT2D eigenvalue weighted by Crippen LogP contribution is 2.69. The van der Waals surface area contributed by atoms with Crippen molar-refractivity contribution < 1.29 is 14.4 Å². The smallest absolute Gasteiger partial charge is 0.243 e. The fourth-order valence-corrected chi connectivity index (χ4v) is 8.93. The molecule has 2 bridgehead atoms. The van der Waals surface area contributed by atoms with Gasteiger partial charge in [-0.05, 0) is 59.4 Å². The molecular formula is C34H32Cl2N2O3. The first-order chi connectivity index (χ1) is 19.8. The molecule has 1 N–H and O–H groups in total. The molecule has 5 nitrogen and oxygen atoms in total. The number of rotatable bonds is 5. The Labute approximate surface area is 250 Å². The maximum absolute atomic E-state index is 14.6. The molecule has 5 aliphatic rings. The Kier molecular flexibility index (Phi) is 6.33. The van der Waals surface area contributed by atoms with Crippen molar-refractivity contribution in [2.75, 3.05) is 0 Å². The van der Waals surface area contributed by atoms with Crippen molar-refractivity contribution in [2.24, 2.45) is 17.8 Å². The number of nitrogens with one attached hydrogen (secondary N) is 1. The maximum Gasteiger partial charge on any atom is 0.243 e. The van der Waals surface area contributed by atoms with E-state index in [0.717, 1.165) is 53.5 Å². The van der Waals surface area contributed by atoms with Gasteiger partial charge in [-0.1, -0.05) is 85.8 Å². The van der Waals surface area contributed by atoms with Crippen molar-refractivity contribution in [2.45, 2.75) is 60.9 Å². The molecule has 1 heterocycles. The lowest BCUT2D eigenvalue weighted by molar-refractivity contribution is -0.148. The minimum Gasteiger partial charge on any atom is -0.352 e. The molecule has 1 saturated carbocycles. The summed E-state index contributed by atoms with van der Waals surface area (Å²) in [5.41, 5.74) is 3.87. The molecular weight excluding hydrogens is 555 g/mol. The van der Waals surface area contributed by atoms with Gasteiger partial charge in [-0.25, -0.2) is 0 Å². The van der Waals surface area contributed by atoms with Gasteiger partial charge in [-0.15, -0.1) is 23.2 Å². The van der Waals surface area contributed by atoms with Crippen LogP contribution in [-0.4, -0.2) is 34.7 Å². The highest BCUT2D eigenvalue weighted by atomic mass is 35.5. The zero-order valence-corrected chi connectivity index (χ0v) is 24.4. The number of benzene rings is 3. The number of halogens is 2. The Bertz CT molecular complexity index is 1430. The molecule has 0 aromatic heterocycles. The Morgan fingerprint density at radius 1 is 0.780 bits per heavy atom. The molecule has 2 fully saturated rings. The minimum absolute atomic E-state index is 0.0236. The zero-order valence-electron chi connectivity index (χ0n) is 22.9. The summed E-state index contributed by atoms with van der Waals surface area (Å²) in [7, 11) is 0. The Balaban J connectivity index is 1.33. The number of amides is 3. The summed E-state index contributed by atoms with van der Waals surface area (Å²) >= 11 is 15.2. The van der Waals surface area contributed by atoms with Crippen LogP contribution in [0.15, 0.2) is 78.9 Å². The standard InChI is InChI=1S/C34H32Cl2N2O3/c1-20-15-17-22(18-16-20)37-30(39)27(19-21-9-3-2-4-10-21)38-31(40)28-29(32(38)41)34(36)24-12-6-5-11-23(24)33(28,35)25-13-7-8-14-26(25)34/h2-14,20,22,27-29H,15-19H2,1H3,(H,37,39)/t20?,22?,27-,28+,29+,33?,34?/m0/s1. The summed E-state index contributed by atoms with van der Waals surface area (Å²) in [6.45, 7) is 2.23. The Morgan fingerprint density at radius 2 is 1.22 bits per heavy atom. The number of hydrogen-bond acceptors (Lipinski definition) is 3. The van der Waals surface area contributed by atoms with Gasteiger partial charge < -0.3 is 5.32 Å². The summed E-state index contributed by atoms with van der Waals surface area (Å²) in [4.78, 5) is 41.8. The van der Waals surface area contributed by atoms with E-state index in [1.807, 2.05) is 78.9 Å². The molecule has 1 saturated heterocycles. The van der Waals surface area contributed by atoms with E-state index in [2.05, 4.69) is 12.2 Å². The summed E-state index contributed by atoms with van der Waals surface area (Å²) in [6.07, 6.45) is 4.08. The fourth-order valence-electron chi connectivity index (χ4n) is 7.84. The van der Waals surface area contributed by atoms with E-state index in [1.165, 1.54) is 4.90 Å². The molecule has 0 unspecified atom stereocenters. The number of carbonyl (C=O) groups is 3. The van der Waals surface area contributed by atoms with Gasteiger partial charge in [0, 0.05) is 12.5 Å². The van der Waals surface area contributed by atoms with E-state index < -0.39 is 39.4 Å². The molecule has 3 aromatic rings. The molecule has 7 heteroatoms. The summed E-state index contributed by atoms with van der Waals surface area (Å²) in [6, 6.07) is 23.7. The molecule has 4 aliphatic carbocycles. The van der Waals surface area contributed by atoms with Crippen molar-refractivity contribution in [1.82, 2.24) is 10.2 Å². The van der Waals surface area contributed by atoms with Gasteiger partial charge in [-0.2, -0.15) is 0 Å². The zero-order chi connectivity index (χ0) is 28.5. The number of hydrogen-bond donors (Lipinski definition) is 1. The third-order valence-electron chi connectivity index (χ3n) is 9.87. The van der Waals surface area contributed by atoms with Crippen LogP contribution in [0, 0.1) is 17.8 Å². The summed E-state index contributed by atoms with van der Waals surface area (Å²) < 4.78 is 0. The molecule has 3 amide bonds. The molecule has 1 aliphatic heterocycles. The van der Waals surface area contributed by atoms with E-state index in [-0.39, 0.29) is 18.4 Å². The summed E-state index contributed by atoms with van der Waals surface area (Å²) in [5, 5.41) is 3.20. The fraction of sp³-hybridized carbons (Fsp3) is 0.382. The number of imide groups is 1.